The van der Waals surface area contributed by atoms with Crippen LogP contribution in [-0.4, -0.2) is 40.8 Å². The van der Waals surface area contributed by atoms with Gasteiger partial charge in [0.2, 0.25) is 0 Å². The largest absolute Gasteiger partial charge is 0.372 e. The second-order valence-electron chi connectivity index (χ2n) is 8.01. The first-order chi connectivity index (χ1) is 12.1. The van der Waals surface area contributed by atoms with E-state index in [1.165, 1.54) is 19.3 Å². The second kappa shape index (κ2) is 6.82. The molecule has 0 amide bonds. The zero-order valence-corrected chi connectivity index (χ0v) is 15.7. The Morgan fingerprint density at radius 2 is 2.00 bits per heavy atom. The third kappa shape index (κ3) is 3.52. The third-order valence-corrected chi connectivity index (χ3v) is 6.19. The molecule has 2 aliphatic carbocycles. The van der Waals surface area contributed by atoms with Crippen molar-refractivity contribution in [1.82, 2.24) is 20.8 Å². The number of ether oxygens (including phenoxy) is 1. The van der Waals surface area contributed by atoms with E-state index in [0.717, 1.165) is 37.4 Å². The fourth-order valence-corrected chi connectivity index (χ4v) is 4.37. The van der Waals surface area contributed by atoms with Crippen molar-refractivity contribution < 1.29 is 4.74 Å². The monoisotopic (exact) mass is 345 g/mol. The molecule has 1 aromatic heterocycles. The van der Waals surface area contributed by atoms with Crippen LogP contribution in [0.3, 0.4) is 0 Å². The van der Waals surface area contributed by atoms with Crippen LogP contribution in [0, 0.1) is 5.92 Å². The highest BCUT2D eigenvalue weighted by atomic mass is 16.5. The van der Waals surface area contributed by atoms with Gasteiger partial charge in [0.05, 0.1) is 23.4 Å². The first kappa shape index (κ1) is 17.2. The predicted molar refractivity (Wildman–Crippen MR) is 98.2 cm³/mol. The smallest absolute Gasteiger partial charge is 0.132 e. The van der Waals surface area contributed by atoms with E-state index < -0.39 is 0 Å². The van der Waals surface area contributed by atoms with Gasteiger partial charge in [-0.3, -0.25) is 5.43 Å². The first-order valence-corrected chi connectivity index (χ1v) is 9.87. The number of hydrogen-bond acceptors (Lipinski definition) is 6. The minimum Gasteiger partial charge on any atom is -0.372 e. The number of anilines is 1. The summed E-state index contributed by atoms with van der Waals surface area (Å²) in [6.45, 7) is 8.51. The molecule has 6 heteroatoms. The molecule has 4 rings (SSSR count). The molecule has 0 aromatic carbocycles. The van der Waals surface area contributed by atoms with Gasteiger partial charge in [-0.1, -0.05) is 0 Å². The molecule has 25 heavy (non-hydrogen) atoms. The molecule has 4 unspecified atom stereocenters. The first-order valence-electron chi connectivity index (χ1n) is 9.87. The molecule has 0 bridgehead atoms. The average Bonchev–Trinajstić information content (AvgIpc) is 3.19. The van der Waals surface area contributed by atoms with Gasteiger partial charge in [-0.05, 0) is 52.9 Å². The van der Waals surface area contributed by atoms with Crippen LogP contribution in [-0.2, 0) is 4.74 Å². The fourth-order valence-electron chi connectivity index (χ4n) is 4.37. The lowest BCUT2D eigenvalue weighted by molar-refractivity contribution is -0.0500. The highest BCUT2D eigenvalue weighted by Crippen LogP contribution is 2.45. The number of aromatic nitrogens is 2. The molecule has 2 heterocycles. The standard InChI is InChI=1S/C19H31N5O/c1-4-24(5-2)17-11-16(20-12-21-17)18-14-10-13(25-19(3)8-9-19)6-7-15(14)22-23-18/h11-15,18,22-23H,4-10H2,1-3H3. The Labute approximate surface area is 150 Å². The Morgan fingerprint density at radius 1 is 1.20 bits per heavy atom. The molecular formula is C19H31N5O. The van der Waals surface area contributed by atoms with Crippen LogP contribution in [0.15, 0.2) is 12.4 Å². The summed E-state index contributed by atoms with van der Waals surface area (Å²) in [6.07, 6.45) is 7.97. The summed E-state index contributed by atoms with van der Waals surface area (Å²) in [6, 6.07) is 2.91. The summed E-state index contributed by atoms with van der Waals surface area (Å²) in [5.74, 6) is 1.55. The van der Waals surface area contributed by atoms with Crippen molar-refractivity contribution in [1.29, 1.82) is 0 Å². The maximum absolute atomic E-state index is 6.38. The molecular weight excluding hydrogens is 314 g/mol. The van der Waals surface area contributed by atoms with Crippen molar-refractivity contribution in [2.24, 2.45) is 5.92 Å². The molecule has 2 N–H and O–H groups in total. The average molecular weight is 345 g/mol. The van der Waals surface area contributed by atoms with Crippen LogP contribution in [0.4, 0.5) is 5.82 Å². The van der Waals surface area contributed by atoms with Crippen molar-refractivity contribution in [2.75, 3.05) is 18.0 Å². The highest BCUT2D eigenvalue weighted by Gasteiger charge is 2.46. The van der Waals surface area contributed by atoms with Crippen molar-refractivity contribution in [3.8, 4) is 0 Å². The van der Waals surface area contributed by atoms with E-state index >= 15 is 0 Å². The van der Waals surface area contributed by atoms with E-state index in [9.17, 15) is 0 Å². The summed E-state index contributed by atoms with van der Waals surface area (Å²) in [7, 11) is 0. The van der Waals surface area contributed by atoms with Crippen LogP contribution >= 0.6 is 0 Å². The Morgan fingerprint density at radius 3 is 2.72 bits per heavy atom. The molecule has 0 radical (unpaired) electrons. The van der Waals surface area contributed by atoms with Crippen LogP contribution in [0.2, 0.25) is 0 Å². The number of nitrogens with one attached hydrogen (secondary N) is 2. The SMILES string of the molecule is CCN(CC)c1cc(C2NNC3CCC(OC4(C)CC4)CC32)ncn1. The Balaban J connectivity index is 1.49. The Kier molecular flexibility index (Phi) is 4.69. The number of hydrazine groups is 1. The van der Waals surface area contributed by atoms with Crippen molar-refractivity contribution in [3.05, 3.63) is 18.1 Å². The highest BCUT2D eigenvalue weighted by molar-refractivity contribution is 5.39. The zero-order chi connectivity index (χ0) is 17.4. The van der Waals surface area contributed by atoms with Crippen molar-refractivity contribution >= 4 is 5.82 Å². The molecule has 1 saturated heterocycles. The van der Waals surface area contributed by atoms with Gasteiger partial charge in [0.25, 0.3) is 0 Å². The molecule has 2 saturated carbocycles. The molecule has 4 atom stereocenters. The minimum atomic E-state index is 0.164. The number of fused-ring (bicyclic) bond motifs is 1. The van der Waals surface area contributed by atoms with Gasteiger partial charge in [-0.15, -0.1) is 0 Å². The lowest BCUT2D eigenvalue weighted by atomic mass is 9.79. The van der Waals surface area contributed by atoms with Gasteiger partial charge in [0, 0.05) is 31.1 Å². The minimum absolute atomic E-state index is 0.164. The lowest BCUT2D eigenvalue weighted by Gasteiger charge is -2.34. The lowest BCUT2D eigenvalue weighted by Crippen LogP contribution is -2.38. The summed E-state index contributed by atoms with van der Waals surface area (Å²) < 4.78 is 6.38. The van der Waals surface area contributed by atoms with E-state index in [1.807, 2.05) is 0 Å². The quantitative estimate of drug-likeness (QED) is 0.826. The van der Waals surface area contributed by atoms with Gasteiger partial charge in [0.15, 0.2) is 0 Å². The Bertz CT molecular complexity index is 601. The maximum Gasteiger partial charge on any atom is 0.132 e. The van der Waals surface area contributed by atoms with Crippen LogP contribution in [0.5, 0.6) is 0 Å². The van der Waals surface area contributed by atoms with Crippen molar-refractivity contribution in [3.63, 3.8) is 0 Å². The van der Waals surface area contributed by atoms with E-state index in [4.69, 9.17) is 4.74 Å². The van der Waals surface area contributed by atoms with Crippen LogP contribution < -0.4 is 15.8 Å². The topological polar surface area (TPSA) is 62.3 Å². The second-order valence-corrected chi connectivity index (χ2v) is 8.01. The van der Waals surface area contributed by atoms with Gasteiger partial charge >= 0.3 is 0 Å². The maximum atomic E-state index is 6.38. The summed E-state index contributed by atoms with van der Waals surface area (Å²) in [5, 5.41) is 0. The zero-order valence-electron chi connectivity index (χ0n) is 15.7. The van der Waals surface area contributed by atoms with Crippen molar-refractivity contribution in [2.45, 2.75) is 76.7 Å². The molecule has 1 aromatic rings. The number of rotatable bonds is 6. The van der Waals surface area contributed by atoms with Gasteiger partial charge < -0.3 is 9.64 Å². The molecule has 3 aliphatic rings. The summed E-state index contributed by atoms with van der Waals surface area (Å²) in [5.41, 5.74) is 8.26. The van der Waals surface area contributed by atoms with E-state index in [-0.39, 0.29) is 11.6 Å². The predicted octanol–water partition coefficient (Wildman–Crippen LogP) is 2.58. The van der Waals surface area contributed by atoms with Crippen LogP contribution in [0.1, 0.15) is 64.6 Å². The normalized spacial score (nSPS) is 33.1. The van der Waals surface area contributed by atoms with E-state index in [2.05, 4.69) is 52.6 Å². The van der Waals surface area contributed by atoms with Gasteiger partial charge in [-0.25, -0.2) is 15.4 Å². The summed E-state index contributed by atoms with van der Waals surface area (Å²) >= 11 is 0. The molecule has 3 fully saturated rings. The van der Waals surface area contributed by atoms with Gasteiger partial charge in [0.1, 0.15) is 12.1 Å². The molecule has 1 aliphatic heterocycles. The van der Waals surface area contributed by atoms with Gasteiger partial charge in [-0.2, -0.15) is 0 Å². The fraction of sp³-hybridized carbons (Fsp3) is 0.789. The number of nitrogens with zero attached hydrogens (tertiary/aromatic N) is 3. The molecule has 138 valence electrons. The number of hydrogen-bond donors (Lipinski definition) is 2. The van der Waals surface area contributed by atoms with E-state index in [1.54, 1.807) is 6.33 Å². The Hall–Kier alpha value is -1.24. The van der Waals surface area contributed by atoms with Crippen LogP contribution in [0.25, 0.3) is 0 Å². The third-order valence-electron chi connectivity index (χ3n) is 6.19. The van der Waals surface area contributed by atoms with E-state index in [0.29, 0.717) is 18.1 Å². The molecule has 6 nitrogen and oxygen atoms in total. The molecule has 0 spiro atoms. The summed E-state index contributed by atoms with van der Waals surface area (Å²) in [4.78, 5) is 11.3.